The van der Waals surface area contributed by atoms with Crippen LogP contribution in [-0.4, -0.2) is 54.1 Å². The zero-order chi connectivity index (χ0) is 15.4. The molecule has 3 N–H and O–H groups in total. The Morgan fingerprint density at radius 3 is 1.86 bits per heavy atom. The summed E-state index contributed by atoms with van der Waals surface area (Å²) in [6.07, 6.45) is 0. The summed E-state index contributed by atoms with van der Waals surface area (Å²) in [5, 5.41) is 0. The van der Waals surface area contributed by atoms with E-state index in [1.807, 2.05) is 0 Å². The number of nitrogens with two attached hydrogens (primary N) is 1. The second kappa shape index (κ2) is 5.60. The standard InChI is InChI=1S/C14H9NO5S.Na.H/c15-9-5-6-10(21(18,19)20)12-11(9)13(16)7-3-1-2-4-8(7)14(12)17;;/h1-6H,15H2,(H,18,19,20);;. The summed E-state index contributed by atoms with van der Waals surface area (Å²) in [6.45, 7) is 0. The Balaban J connectivity index is 0.00000176. The number of anilines is 1. The summed E-state index contributed by atoms with van der Waals surface area (Å²) < 4.78 is 32.1. The summed E-state index contributed by atoms with van der Waals surface area (Å²) >= 11 is 0. The molecule has 0 heterocycles. The van der Waals surface area contributed by atoms with Crippen LogP contribution in [0.5, 0.6) is 0 Å². The number of carbonyl (C=O) groups is 2. The van der Waals surface area contributed by atoms with Crippen LogP contribution in [0.25, 0.3) is 0 Å². The van der Waals surface area contributed by atoms with Crippen molar-refractivity contribution in [2.45, 2.75) is 4.90 Å². The quantitative estimate of drug-likeness (QED) is 0.385. The van der Waals surface area contributed by atoms with Crippen LogP contribution >= 0.6 is 0 Å². The fraction of sp³-hybridized carbons (Fsp3) is 0. The van der Waals surface area contributed by atoms with Gasteiger partial charge in [-0.2, -0.15) is 8.42 Å². The molecule has 0 fully saturated rings. The van der Waals surface area contributed by atoms with Crippen molar-refractivity contribution in [1.29, 1.82) is 0 Å². The van der Waals surface area contributed by atoms with Gasteiger partial charge in [0.2, 0.25) is 0 Å². The van der Waals surface area contributed by atoms with Crippen LogP contribution in [0.4, 0.5) is 5.69 Å². The number of hydrogen-bond acceptors (Lipinski definition) is 5. The minimum absolute atomic E-state index is 0. The zero-order valence-electron chi connectivity index (χ0n) is 10.5. The normalized spacial score (nSPS) is 13.1. The molecule has 0 amide bonds. The number of rotatable bonds is 1. The maximum absolute atomic E-state index is 12.5. The number of carbonyl (C=O) groups excluding carboxylic acids is 2. The molecule has 0 spiro atoms. The molecular formula is C14H10NNaO5S. The van der Waals surface area contributed by atoms with E-state index in [0.717, 1.165) is 6.07 Å². The Morgan fingerprint density at radius 1 is 0.864 bits per heavy atom. The Morgan fingerprint density at radius 2 is 1.36 bits per heavy atom. The van der Waals surface area contributed by atoms with Crippen molar-refractivity contribution in [1.82, 2.24) is 0 Å². The van der Waals surface area contributed by atoms with Crippen molar-refractivity contribution < 1.29 is 22.6 Å². The molecule has 2 aromatic rings. The Bertz CT molecular complexity index is 921. The van der Waals surface area contributed by atoms with E-state index in [1.54, 1.807) is 12.1 Å². The fourth-order valence-electron chi connectivity index (χ4n) is 2.43. The van der Waals surface area contributed by atoms with E-state index in [-0.39, 0.29) is 57.5 Å². The molecule has 0 aromatic heterocycles. The third-order valence-electron chi connectivity index (χ3n) is 3.35. The first-order chi connectivity index (χ1) is 9.82. The molecule has 1 aliphatic carbocycles. The molecule has 108 valence electrons. The second-order valence-electron chi connectivity index (χ2n) is 4.58. The predicted molar refractivity (Wildman–Crippen MR) is 81.1 cm³/mol. The van der Waals surface area contributed by atoms with Crippen LogP contribution in [0, 0.1) is 0 Å². The van der Waals surface area contributed by atoms with E-state index in [4.69, 9.17) is 5.73 Å². The van der Waals surface area contributed by atoms with Gasteiger partial charge in [0.1, 0.15) is 4.90 Å². The first kappa shape index (κ1) is 16.9. The van der Waals surface area contributed by atoms with E-state index in [2.05, 4.69) is 0 Å². The van der Waals surface area contributed by atoms with Crippen molar-refractivity contribution in [2.24, 2.45) is 0 Å². The average Bonchev–Trinajstić information content (AvgIpc) is 2.43. The van der Waals surface area contributed by atoms with Gasteiger partial charge in [-0.1, -0.05) is 24.3 Å². The van der Waals surface area contributed by atoms with Gasteiger partial charge >= 0.3 is 29.6 Å². The van der Waals surface area contributed by atoms with Gasteiger partial charge in [0, 0.05) is 16.8 Å². The Labute approximate surface area is 148 Å². The van der Waals surface area contributed by atoms with Gasteiger partial charge < -0.3 is 5.73 Å². The van der Waals surface area contributed by atoms with Crippen LogP contribution in [0.1, 0.15) is 31.8 Å². The van der Waals surface area contributed by atoms with Crippen LogP contribution < -0.4 is 5.73 Å². The molecule has 0 saturated heterocycles. The van der Waals surface area contributed by atoms with E-state index in [1.165, 1.54) is 18.2 Å². The van der Waals surface area contributed by atoms with Crippen molar-refractivity contribution in [3.8, 4) is 0 Å². The van der Waals surface area contributed by atoms with Crippen molar-refractivity contribution in [3.63, 3.8) is 0 Å². The molecule has 1 aliphatic rings. The molecule has 0 unspecified atom stereocenters. The molecule has 8 heteroatoms. The summed E-state index contributed by atoms with van der Waals surface area (Å²) in [4.78, 5) is 24.3. The van der Waals surface area contributed by atoms with Gasteiger partial charge in [0.15, 0.2) is 11.6 Å². The second-order valence-corrected chi connectivity index (χ2v) is 5.97. The molecule has 2 aromatic carbocycles. The number of nitrogen functional groups attached to an aromatic ring is 1. The topological polar surface area (TPSA) is 115 Å². The zero-order valence-corrected chi connectivity index (χ0v) is 11.3. The third kappa shape index (κ3) is 2.41. The number of ketones is 2. The van der Waals surface area contributed by atoms with Gasteiger partial charge in [-0.3, -0.25) is 14.1 Å². The molecule has 0 aliphatic heterocycles. The summed E-state index contributed by atoms with van der Waals surface area (Å²) in [5.41, 5.74) is 5.39. The molecule has 6 nitrogen and oxygen atoms in total. The predicted octanol–water partition coefficient (Wildman–Crippen LogP) is 0.642. The molecule has 3 rings (SSSR count). The molecular weight excluding hydrogens is 317 g/mol. The summed E-state index contributed by atoms with van der Waals surface area (Å²) in [6, 6.07) is 8.25. The van der Waals surface area contributed by atoms with E-state index >= 15 is 0 Å². The van der Waals surface area contributed by atoms with Crippen LogP contribution in [0.15, 0.2) is 41.3 Å². The van der Waals surface area contributed by atoms with Gasteiger partial charge in [0.05, 0.1) is 11.1 Å². The minimum atomic E-state index is -4.65. The number of hydrogen-bond donors (Lipinski definition) is 2. The third-order valence-corrected chi connectivity index (χ3v) is 4.24. The Kier molecular flexibility index (Phi) is 4.29. The first-order valence-corrected chi connectivity index (χ1v) is 7.35. The van der Waals surface area contributed by atoms with E-state index in [0.29, 0.717) is 0 Å². The number of fused-ring (bicyclic) bond motifs is 2. The molecule has 0 saturated carbocycles. The molecule has 0 atom stereocenters. The van der Waals surface area contributed by atoms with Gasteiger partial charge in [-0.15, -0.1) is 0 Å². The van der Waals surface area contributed by atoms with E-state index < -0.39 is 26.6 Å². The van der Waals surface area contributed by atoms with Gasteiger partial charge in [0.25, 0.3) is 10.1 Å². The maximum atomic E-state index is 12.5. The summed E-state index contributed by atoms with van der Waals surface area (Å²) in [7, 11) is -4.65. The van der Waals surface area contributed by atoms with E-state index in [9.17, 15) is 22.6 Å². The Hall–Kier alpha value is -1.51. The fourth-order valence-corrected chi connectivity index (χ4v) is 3.13. The number of benzene rings is 2. The van der Waals surface area contributed by atoms with Gasteiger partial charge in [-0.05, 0) is 12.1 Å². The van der Waals surface area contributed by atoms with Crippen molar-refractivity contribution in [2.75, 3.05) is 5.73 Å². The van der Waals surface area contributed by atoms with Crippen LogP contribution in [-0.2, 0) is 10.1 Å². The first-order valence-electron chi connectivity index (χ1n) is 5.90. The van der Waals surface area contributed by atoms with Crippen LogP contribution in [0.2, 0.25) is 0 Å². The SMILES string of the molecule is Nc1ccc(S(=O)(=O)O)c2c1C(=O)c1ccccc1C2=O.[NaH]. The summed E-state index contributed by atoms with van der Waals surface area (Å²) in [5.74, 6) is -1.19. The van der Waals surface area contributed by atoms with Crippen molar-refractivity contribution >= 4 is 56.9 Å². The van der Waals surface area contributed by atoms with Gasteiger partial charge in [-0.25, -0.2) is 0 Å². The monoisotopic (exact) mass is 327 g/mol. The molecule has 22 heavy (non-hydrogen) atoms. The molecule has 0 radical (unpaired) electrons. The van der Waals surface area contributed by atoms with Crippen LogP contribution in [0.3, 0.4) is 0 Å². The molecule has 0 bridgehead atoms. The van der Waals surface area contributed by atoms with Crippen molar-refractivity contribution in [3.05, 3.63) is 58.7 Å². The average molecular weight is 327 g/mol.